The number of nitrogens with one attached hydrogen (secondary N) is 1. The molecule has 0 radical (unpaired) electrons. The molecule has 4 heteroatoms. The zero-order valence-electron chi connectivity index (χ0n) is 16.7. The fourth-order valence-corrected chi connectivity index (χ4v) is 4.53. The van der Waals surface area contributed by atoms with Crippen molar-refractivity contribution in [3.8, 4) is 5.75 Å². The Morgan fingerprint density at radius 3 is 2.24 bits per heavy atom. The van der Waals surface area contributed by atoms with E-state index in [1.54, 1.807) is 0 Å². The smallest absolute Gasteiger partial charge is 0.137 e. The van der Waals surface area contributed by atoms with Gasteiger partial charge in [-0.05, 0) is 45.2 Å². The molecule has 142 valence electrons. The average molecular weight is 351 g/mol. The van der Waals surface area contributed by atoms with Crippen LogP contribution in [0.4, 0.5) is 0 Å². The minimum Gasteiger partial charge on any atom is -0.490 e. The van der Waals surface area contributed by atoms with E-state index in [2.05, 4.69) is 47.6 Å². The Bertz CT molecular complexity index is 550. The molecule has 1 saturated heterocycles. The second-order valence-corrected chi connectivity index (χ2v) is 9.17. The first-order chi connectivity index (χ1) is 11.5. The Kier molecular flexibility index (Phi) is 6.18. The van der Waals surface area contributed by atoms with E-state index in [-0.39, 0.29) is 17.2 Å². The number of aliphatic hydroxyl groups excluding tert-OH is 2. The molecule has 2 rings (SSSR count). The molecule has 0 aliphatic carbocycles. The second-order valence-electron chi connectivity index (χ2n) is 9.17. The molecule has 0 bridgehead atoms. The first-order valence-corrected chi connectivity index (χ1v) is 9.47. The Labute approximate surface area is 152 Å². The molecule has 1 aromatic rings. The number of hydrogen-bond donors (Lipinski definition) is 3. The lowest BCUT2D eigenvalue weighted by molar-refractivity contribution is -1.00. The van der Waals surface area contributed by atoms with Crippen molar-refractivity contribution in [2.45, 2.75) is 83.6 Å². The molecule has 4 nitrogen and oxygen atoms in total. The van der Waals surface area contributed by atoms with Crippen LogP contribution in [-0.2, 0) is 0 Å². The van der Waals surface area contributed by atoms with Crippen LogP contribution in [0.2, 0.25) is 0 Å². The molecular weight excluding hydrogens is 314 g/mol. The highest BCUT2D eigenvalue weighted by atomic mass is 16.5. The first-order valence-electron chi connectivity index (χ1n) is 9.47. The number of aliphatic hydroxyl groups is 2. The van der Waals surface area contributed by atoms with Crippen LogP contribution in [0.25, 0.3) is 0 Å². The normalized spacial score (nSPS) is 26.4. The van der Waals surface area contributed by atoms with Gasteiger partial charge in [0.2, 0.25) is 0 Å². The van der Waals surface area contributed by atoms with Crippen molar-refractivity contribution in [3.05, 3.63) is 29.8 Å². The lowest BCUT2D eigenvalue weighted by Crippen LogP contribution is -3.27. The molecule has 0 amide bonds. The second kappa shape index (κ2) is 7.65. The minimum atomic E-state index is -0.538. The van der Waals surface area contributed by atoms with E-state index in [0.717, 1.165) is 18.6 Å². The van der Waals surface area contributed by atoms with E-state index in [1.165, 1.54) is 10.5 Å². The van der Waals surface area contributed by atoms with E-state index in [4.69, 9.17) is 4.74 Å². The highest BCUT2D eigenvalue weighted by Gasteiger charge is 2.49. The van der Waals surface area contributed by atoms with Gasteiger partial charge < -0.3 is 19.8 Å². The summed E-state index contributed by atoms with van der Waals surface area (Å²) in [5, 5.41) is 20.8. The predicted molar refractivity (Wildman–Crippen MR) is 101 cm³/mol. The van der Waals surface area contributed by atoms with Crippen LogP contribution in [0.15, 0.2) is 24.3 Å². The fraction of sp³-hybridized carbons (Fsp3) is 0.714. The van der Waals surface area contributed by atoms with Gasteiger partial charge in [0.05, 0.1) is 17.2 Å². The number of benzene rings is 1. The van der Waals surface area contributed by atoms with E-state index in [1.807, 2.05) is 18.2 Å². The molecule has 25 heavy (non-hydrogen) atoms. The number of likely N-dealkylation sites (tertiary alicyclic amines) is 1. The average Bonchev–Trinajstić information content (AvgIpc) is 2.48. The summed E-state index contributed by atoms with van der Waals surface area (Å²) in [5.41, 5.74) is 1.03. The molecule has 0 saturated carbocycles. The Balaban J connectivity index is 2.01. The quantitative estimate of drug-likeness (QED) is 0.737. The highest BCUT2D eigenvalue weighted by Crippen LogP contribution is 2.26. The molecule has 1 atom stereocenters. The van der Waals surface area contributed by atoms with E-state index < -0.39 is 6.10 Å². The maximum absolute atomic E-state index is 10.6. The summed E-state index contributed by atoms with van der Waals surface area (Å²) in [4.78, 5) is 1.33. The standard InChI is InChI=1S/C21H35NO3/c1-15(2)18-9-7-8-10-19(18)25-14-17(24)13-22-20(3,4)11-16(23)12-21(22,5)6/h7-10,15-17,23-24H,11-14H2,1-6H3/p+1/t17-/m1/s1. The number of piperidine rings is 1. The molecule has 1 heterocycles. The summed E-state index contributed by atoms with van der Waals surface area (Å²) in [7, 11) is 0. The maximum Gasteiger partial charge on any atom is 0.137 e. The minimum absolute atomic E-state index is 0.0714. The van der Waals surface area contributed by atoms with E-state index >= 15 is 0 Å². The number of rotatable bonds is 6. The molecule has 1 fully saturated rings. The van der Waals surface area contributed by atoms with Gasteiger partial charge in [0, 0.05) is 12.8 Å². The number of para-hydroxylation sites is 1. The van der Waals surface area contributed by atoms with Gasteiger partial charge in [0.1, 0.15) is 25.0 Å². The van der Waals surface area contributed by atoms with Gasteiger partial charge in [0.25, 0.3) is 0 Å². The topological polar surface area (TPSA) is 54.1 Å². The van der Waals surface area contributed by atoms with Crippen molar-refractivity contribution in [1.29, 1.82) is 0 Å². The summed E-state index contributed by atoms with van der Waals surface area (Å²) in [6, 6.07) is 8.04. The van der Waals surface area contributed by atoms with Crippen molar-refractivity contribution in [2.75, 3.05) is 13.2 Å². The Morgan fingerprint density at radius 1 is 1.12 bits per heavy atom. The zero-order valence-corrected chi connectivity index (χ0v) is 16.7. The SMILES string of the molecule is CC(C)c1ccccc1OC[C@H](O)C[NH+]1C(C)(C)CC(O)CC1(C)C. The molecule has 0 unspecified atom stereocenters. The number of hydrogen-bond acceptors (Lipinski definition) is 3. The Morgan fingerprint density at radius 2 is 1.68 bits per heavy atom. The van der Waals surface area contributed by atoms with Crippen LogP contribution >= 0.6 is 0 Å². The predicted octanol–water partition coefficient (Wildman–Crippen LogP) is 2.15. The summed E-state index contributed by atoms with van der Waals surface area (Å²) >= 11 is 0. The van der Waals surface area contributed by atoms with Crippen LogP contribution in [0.5, 0.6) is 5.75 Å². The summed E-state index contributed by atoms with van der Waals surface area (Å²) in [6.45, 7) is 13.9. The fourth-order valence-electron chi connectivity index (χ4n) is 4.53. The van der Waals surface area contributed by atoms with Crippen molar-refractivity contribution >= 4 is 0 Å². The third-order valence-electron chi connectivity index (χ3n) is 5.54. The third-order valence-corrected chi connectivity index (χ3v) is 5.54. The lowest BCUT2D eigenvalue weighted by Gasteiger charge is -2.51. The zero-order chi connectivity index (χ0) is 18.8. The van der Waals surface area contributed by atoms with E-state index in [0.29, 0.717) is 19.1 Å². The first kappa shape index (κ1) is 20.2. The molecule has 0 spiro atoms. The molecular formula is C21H36NO3+. The molecule has 3 N–H and O–H groups in total. The largest absolute Gasteiger partial charge is 0.490 e. The van der Waals surface area contributed by atoms with Gasteiger partial charge in [-0.25, -0.2) is 0 Å². The summed E-state index contributed by atoms with van der Waals surface area (Å²) < 4.78 is 5.95. The van der Waals surface area contributed by atoms with Crippen molar-refractivity contribution in [2.24, 2.45) is 0 Å². The van der Waals surface area contributed by atoms with Crippen LogP contribution in [-0.4, -0.2) is 46.7 Å². The molecule has 0 aromatic heterocycles. The highest BCUT2D eigenvalue weighted by molar-refractivity contribution is 5.35. The van der Waals surface area contributed by atoms with Crippen LogP contribution < -0.4 is 9.64 Å². The molecule has 1 aliphatic heterocycles. The van der Waals surface area contributed by atoms with Crippen LogP contribution in [0.3, 0.4) is 0 Å². The van der Waals surface area contributed by atoms with Gasteiger partial charge >= 0.3 is 0 Å². The number of quaternary nitrogens is 1. The lowest BCUT2D eigenvalue weighted by atomic mass is 9.78. The van der Waals surface area contributed by atoms with Crippen molar-refractivity contribution in [3.63, 3.8) is 0 Å². The van der Waals surface area contributed by atoms with Crippen LogP contribution in [0.1, 0.15) is 65.9 Å². The monoisotopic (exact) mass is 350 g/mol. The van der Waals surface area contributed by atoms with Gasteiger partial charge in [-0.2, -0.15) is 0 Å². The van der Waals surface area contributed by atoms with Crippen LogP contribution in [0, 0.1) is 0 Å². The maximum atomic E-state index is 10.6. The van der Waals surface area contributed by atoms with Gasteiger partial charge in [-0.3, -0.25) is 0 Å². The Hall–Kier alpha value is -1.10. The van der Waals surface area contributed by atoms with Crippen molar-refractivity contribution < 1.29 is 19.8 Å². The summed E-state index contributed by atoms with van der Waals surface area (Å²) in [6.07, 6.45) is 0.717. The van der Waals surface area contributed by atoms with Gasteiger partial charge in [0.15, 0.2) is 0 Å². The van der Waals surface area contributed by atoms with E-state index in [9.17, 15) is 10.2 Å². The number of ether oxygens (including phenoxy) is 1. The summed E-state index contributed by atoms with van der Waals surface area (Å²) in [5.74, 6) is 1.25. The van der Waals surface area contributed by atoms with Gasteiger partial charge in [-0.15, -0.1) is 0 Å². The molecule has 1 aromatic carbocycles. The third kappa shape index (κ3) is 4.96. The van der Waals surface area contributed by atoms with Gasteiger partial charge in [-0.1, -0.05) is 32.0 Å². The molecule has 1 aliphatic rings. The van der Waals surface area contributed by atoms with Crippen molar-refractivity contribution in [1.82, 2.24) is 0 Å².